The van der Waals surface area contributed by atoms with Gasteiger partial charge in [-0.2, -0.15) is 9.97 Å². The summed E-state index contributed by atoms with van der Waals surface area (Å²) in [5.74, 6) is 1.91. The zero-order chi connectivity index (χ0) is 27.4. The van der Waals surface area contributed by atoms with Crippen molar-refractivity contribution in [3.8, 4) is 39.9 Å². The van der Waals surface area contributed by atoms with E-state index in [1.165, 1.54) is 49.0 Å². The van der Waals surface area contributed by atoms with Crippen LogP contribution in [0.15, 0.2) is 121 Å². The van der Waals surface area contributed by atoms with Crippen molar-refractivity contribution in [3.05, 3.63) is 121 Å². The van der Waals surface area contributed by atoms with Gasteiger partial charge in [0.2, 0.25) is 5.95 Å². The largest absolute Gasteiger partial charge is 0.354 e. The second kappa shape index (κ2) is 7.89. The van der Waals surface area contributed by atoms with E-state index in [2.05, 4.69) is 94.5 Å². The second-order valence-corrected chi connectivity index (χ2v) is 10.9. The van der Waals surface area contributed by atoms with E-state index < -0.39 is 0 Å². The van der Waals surface area contributed by atoms with E-state index in [9.17, 15) is 0 Å². The van der Waals surface area contributed by atoms with Gasteiger partial charge in [-0.25, -0.2) is 4.98 Å². The molecule has 0 radical (unpaired) electrons. The average Bonchev–Trinajstić information content (AvgIpc) is 3.57. The van der Waals surface area contributed by atoms with Gasteiger partial charge in [0.25, 0.3) is 0 Å². The Morgan fingerprint density at radius 1 is 0.429 bits per heavy atom. The first-order chi connectivity index (χ1) is 20.8. The fourth-order valence-corrected chi connectivity index (χ4v) is 6.96. The maximum absolute atomic E-state index is 5.12. The molecule has 3 aromatic heterocycles. The van der Waals surface area contributed by atoms with Crippen molar-refractivity contribution in [2.24, 2.45) is 0 Å². The Labute approximate surface area is 239 Å². The number of H-pyrrole nitrogens is 1. The van der Waals surface area contributed by atoms with E-state index in [1.807, 2.05) is 36.4 Å². The molecule has 1 N–H and O–H groups in total. The zero-order valence-electron chi connectivity index (χ0n) is 22.3. The molecule has 1 aliphatic carbocycles. The van der Waals surface area contributed by atoms with Crippen LogP contribution in [-0.4, -0.2) is 24.5 Å². The summed E-state index contributed by atoms with van der Waals surface area (Å²) in [7, 11) is 0. The van der Waals surface area contributed by atoms with Crippen molar-refractivity contribution in [2.75, 3.05) is 0 Å². The van der Waals surface area contributed by atoms with Crippen molar-refractivity contribution in [1.82, 2.24) is 24.5 Å². The molecule has 0 fully saturated rings. The molecule has 0 spiro atoms. The molecule has 42 heavy (non-hydrogen) atoms. The first-order valence-corrected chi connectivity index (χ1v) is 14.1. The predicted molar refractivity (Wildman–Crippen MR) is 171 cm³/mol. The molecule has 0 amide bonds. The number of nitrogens with zero attached hydrogens (tertiary/aromatic N) is 4. The average molecular weight is 536 g/mol. The molecule has 5 nitrogen and oxygen atoms in total. The number of hydrogen-bond acceptors (Lipinski definition) is 3. The van der Waals surface area contributed by atoms with Crippen LogP contribution < -0.4 is 0 Å². The number of fused-ring (bicyclic) bond motifs is 1. The highest BCUT2D eigenvalue weighted by Gasteiger charge is 2.26. The Morgan fingerprint density at radius 2 is 1.05 bits per heavy atom. The van der Waals surface area contributed by atoms with Crippen LogP contribution in [0.5, 0.6) is 0 Å². The van der Waals surface area contributed by atoms with E-state index in [0.29, 0.717) is 17.6 Å². The Hall–Kier alpha value is -5.81. The molecule has 1 aliphatic rings. The third-order valence-corrected chi connectivity index (χ3v) is 8.70. The Morgan fingerprint density at radius 3 is 1.79 bits per heavy atom. The molecular formula is C37H21N5. The van der Waals surface area contributed by atoms with Crippen molar-refractivity contribution < 1.29 is 0 Å². The van der Waals surface area contributed by atoms with Crippen LogP contribution in [0.4, 0.5) is 0 Å². The summed E-state index contributed by atoms with van der Waals surface area (Å²) >= 11 is 0. The molecule has 0 atom stereocenters. The fraction of sp³-hybridized carbons (Fsp3) is 0. The first kappa shape index (κ1) is 21.9. The molecule has 5 heteroatoms. The summed E-state index contributed by atoms with van der Waals surface area (Å²) in [6.07, 6.45) is 0. The van der Waals surface area contributed by atoms with Crippen molar-refractivity contribution in [1.29, 1.82) is 0 Å². The highest BCUT2D eigenvalue weighted by atomic mass is 15.2. The van der Waals surface area contributed by atoms with Gasteiger partial charge in [-0.15, -0.1) is 0 Å². The molecule has 0 saturated heterocycles. The van der Waals surface area contributed by atoms with Gasteiger partial charge < -0.3 is 4.98 Å². The number of nitrogens with one attached hydrogen (secondary N) is 1. The summed E-state index contributed by atoms with van der Waals surface area (Å²) in [6, 6.07) is 42.4. The van der Waals surface area contributed by atoms with E-state index in [-0.39, 0.29) is 0 Å². The molecule has 194 valence electrons. The zero-order valence-corrected chi connectivity index (χ0v) is 22.3. The van der Waals surface area contributed by atoms with Gasteiger partial charge in [0, 0.05) is 49.1 Å². The minimum absolute atomic E-state index is 0.611. The summed E-state index contributed by atoms with van der Waals surface area (Å²) < 4.78 is 2.23. The third kappa shape index (κ3) is 2.79. The van der Waals surface area contributed by atoms with Crippen LogP contribution in [0.1, 0.15) is 0 Å². The lowest BCUT2D eigenvalue weighted by Crippen LogP contribution is -2.06. The van der Waals surface area contributed by atoms with Gasteiger partial charge in [0.15, 0.2) is 11.6 Å². The van der Waals surface area contributed by atoms with E-state index in [0.717, 1.165) is 27.7 Å². The molecule has 0 bridgehead atoms. The van der Waals surface area contributed by atoms with Crippen LogP contribution in [0.3, 0.4) is 0 Å². The number of aromatic amines is 1. The van der Waals surface area contributed by atoms with Gasteiger partial charge in [-0.05, 0) is 40.8 Å². The molecule has 10 rings (SSSR count). The summed E-state index contributed by atoms with van der Waals surface area (Å²) in [4.78, 5) is 18.9. The maximum Gasteiger partial charge on any atom is 0.238 e. The molecular weight excluding hydrogens is 514 g/mol. The SMILES string of the molecule is c1ccc(-c2nc(-c3ccccc3)nc(-n3c4cccc5c4c4c6c(ccc7[nH]c8cccc-5c8c76)ccc43)n2)cc1. The monoisotopic (exact) mass is 535 g/mol. The first-order valence-electron chi connectivity index (χ1n) is 14.1. The minimum Gasteiger partial charge on any atom is -0.354 e. The number of hydrogen-bond donors (Lipinski definition) is 1. The van der Waals surface area contributed by atoms with Crippen LogP contribution in [0, 0.1) is 0 Å². The lowest BCUT2D eigenvalue weighted by Gasteiger charge is -2.12. The molecule has 0 aliphatic heterocycles. The van der Waals surface area contributed by atoms with Crippen LogP contribution in [-0.2, 0) is 0 Å². The van der Waals surface area contributed by atoms with Gasteiger partial charge in [-0.3, -0.25) is 4.57 Å². The normalized spacial score (nSPS) is 12.3. The maximum atomic E-state index is 5.12. The second-order valence-electron chi connectivity index (χ2n) is 10.9. The van der Waals surface area contributed by atoms with Crippen molar-refractivity contribution in [3.63, 3.8) is 0 Å². The van der Waals surface area contributed by atoms with E-state index >= 15 is 0 Å². The van der Waals surface area contributed by atoms with Crippen LogP contribution >= 0.6 is 0 Å². The quantitative estimate of drug-likeness (QED) is 0.245. The fourth-order valence-electron chi connectivity index (χ4n) is 6.96. The summed E-state index contributed by atoms with van der Waals surface area (Å²) in [5.41, 5.74) is 8.88. The van der Waals surface area contributed by atoms with E-state index in [1.54, 1.807) is 0 Å². The number of rotatable bonds is 3. The molecule has 6 aromatic carbocycles. The predicted octanol–water partition coefficient (Wildman–Crippen LogP) is 9.07. The third-order valence-electron chi connectivity index (χ3n) is 8.70. The highest BCUT2D eigenvalue weighted by Crippen LogP contribution is 2.49. The van der Waals surface area contributed by atoms with Gasteiger partial charge in [0.1, 0.15) is 0 Å². The van der Waals surface area contributed by atoms with Gasteiger partial charge in [-0.1, -0.05) is 97.1 Å². The van der Waals surface area contributed by atoms with Crippen LogP contribution in [0.25, 0.3) is 94.2 Å². The lowest BCUT2D eigenvalue weighted by molar-refractivity contribution is 0.953. The molecule has 0 saturated carbocycles. The molecule has 9 aromatic rings. The van der Waals surface area contributed by atoms with Crippen molar-refractivity contribution in [2.45, 2.75) is 0 Å². The molecule has 3 heterocycles. The smallest absolute Gasteiger partial charge is 0.238 e. The van der Waals surface area contributed by atoms with Crippen molar-refractivity contribution >= 4 is 54.4 Å². The lowest BCUT2D eigenvalue weighted by atomic mass is 9.98. The van der Waals surface area contributed by atoms with Gasteiger partial charge >= 0.3 is 0 Å². The summed E-state index contributed by atoms with van der Waals surface area (Å²) in [5, 5.41) is 7.55. The Bertz CT molecular complexity index is 2500. The van der Waals surface area contributed by atoms with E-state index in [4.69, 9.17) is 15.0 Å². The standard InChI is InChI=1S/C37H21N5/c1-3-9-22(10-4-1)35-39-36(23-11-5-2-6-12-23)41-37(40-35)42-28-16-8-14-25-24-13-7-15-26-31(24)33-27(38-26)19-17-21-18-20-29(42)34(30(21)33)32(25)28/h1-20,38H. The van der Waals surface area contributed by atoms with Crippen LogP contribution in [0.2, 0.25) is 0 Å². The number of benzene rings is 6. The number of aromatic nitrogens is 5. The Kier molecular flexibility index (Phi) is 4.12. The van der Waals surface area contributed by atoms with Gasteiger partial charge in [0.05, 0.1) is 11.0 Å². The topological polar surface area (TPSA) is 59.4 Å². The summed E-state index contributed by atoms with van der Waals surface area (Å²) in [6.45, 7) is 0. The Balaban J connectivity index is 1.40. The molecule has 0 unspecified atom stereocenters. The highest BCUT2D eigenvalue weighted by molar-refractivity contribution is 6.38. The minimum atomic E-state index is 0.611.